The Balaban J connectivity index is 2.96. The Morgan fingerprint density at radius 1 is 1.48 bits per heavy atom. The molecule has 0 aliphatic heterocycles. The van der Waals surface area contributed by atoms with Crippen LogP contribution in [0, 0.1) is 0 Å². The van der Waals surface area contributed by atoms with Crippen LogP contribution in [-0.2, 0) is 14.8 Å². The molecule has 0 saturated heterocycles. The van der Waals surface area contributed by atoms with Crippen LogP contribution >= 0.6 is 11.6 Å². The van der Waals surface area contributed by atoms with Gasteiger partial charge in [0.2, 0.25) is 15.9 Å². The van der Waals surface area contributed by atoms with E-state index in [2.05, 4.69) is 10.0 Å². The number of hydrogen-bond acceptors (Lipinski definition) is 5. The van der Waals surface area contributed by atoms with Crippen molar-refractivity contribution >= 4 is 27.5 Å². The standard InChI is InChI=1S/C12H17ClN2O5S/c1-8(12(17)14-5-6-16)15-21(18,19)11-7-9(13)3-4-10(11)20-2/h3-4,7-8,15-16H,5-6H2,1-2H3,(H,14,17)/t8-/m0/s1. The number of methoxy groups -OCH3 is 1. The SMILES string of the molecule is COc1ccc(Cl)cc1S(=O)(=O)N[C@@H](C)C(=O)NCCO. The van der Waals surface area contributed by atoms with Crippen molar-refractivity contribution in [3.05, 3.63) is 23.2 Å². The number of sulfonamides is 1. The number of rotatable bonds is 7. The lowest BCUT2D eigenvalue weighted by atomic mass is 10.3. The molecule has 0 aliphatic rings. The summed E-state index contributed by atoms with van der Waals surface area (Å²) in [5.41, 5.74) is 0. The fraction of sp³-hybridized carbons (Fsp3) is 0.417. The lowest BCUT2D eigenvalue weighted by molar-refractivity contribution is -0.122. The van der Waals surface area contributed by atoms with Gasteiger partial charge in [-0.25, -0.2) is 8.42 Å². The molecule has 0 aromatic heterocycles. The monoisotopic (exact) mass is 336 g/mol. The lowest BCUT2D eigenvalue weighted by Crippen LogP contribution is -2.45. The summed E-state index contributed by atoms with van der Waals surface area (Å²) in [5.74, 6) is -0.427. The fourth-order valence-electron chi connectivity index (χ4n) is 1.54. The molecule has 7 nitrogen and oxygen atoms in total. The van der Waals surface area contributed by atoms with Crippen molar-refractivity contribution in [2.45, 2.75) is 17.9 Å². The van der Waals surface area contributed by atoms with Crippen LogP contribution in [0.3, 0.4) is 0 Å². The third-order valence-electron chi connectivity index (χ3n) is 2.55. The summed E-state index contributed by atoms with van der Waals surface area (Å²) in [6.45, 7) is 1.21. The topological polar surface area (TPSA) is 105 Å². The predicted octanol–water partition coefficient (Wildman–Crippen LogP) is 0.124. The van der Waals surface area contributed by atoms with E-state index >= 15 is 0 Å². The Labute approximate surface area is 128 Å². The van der Waals surface area contributed by atoms with Crippen LogP contribution in [0.25, 0.3) is 0 Å². The van der Waals surface area contributed by atoms with Crippen LogP contribution in [0.15, 0.2) is 23.1 Å². The van der Waals surface area contributed by atoms with Crippen LogP contribution in [-0.4, -0.2) is 45.7 Å². The molecule has 0 heterocycles. The van der Waals surface area contributed by atoms with Gasteiger partial charge in [-0.15, -0.1) is 0 Å². The van der Waals surface area contributed by atoms with Gasteiger partial charge in [0.25, 0.3) is 0 Å². The number of nitrogens with one attached hydrogen (secondary N) is 2. The summed E-state index contributed by atoms with van der Waals surface area (Å²) in [6.07, 6.45) is 0. The second-order valence-corrected chi connectivity index (χ2v) is 6.27. The van der Waals surface area contributed by atoms with Gasteiger partial charge in [0, 0.05) is 11.6 Å². The summed E-state index contributed by atoms with van der Waals surface area (Å²) in [7, 11) is -2.64. The first-order chi connectivity index (χ1) is 9.81. The van der Waals surface area contributed by atoms with E-state index in [1.165, 1.54) is 32.2 Å². The van der Waals surface area contributed by atoms with Crippen LogP contribution in [0.5, 0.6) is 5.75 Å². The van der Waals surface area contributed by atoms with E-state index in [0.717, 1.165) is 0 Å². The van der Waals surface area contributed by atoms with Crippen molar-refractivity contribution in [2.75, 3.05) is 20.3 Å². The number of hydrogen-bond donors (Lipinski definition) is 3. The summed E-state index contributed by atoms with van der Waals surface area (Å²) in [4.78, 5) is 11.5. The molecule has 0 saturated carbocycles. The quantitative estimate of drug-likeness (QED) is 0.656. The zero-order chi connectivity index (χ0) is 16.0. The molecule has 3 N–H and O–H groups in total. The van der Waals surface area contributed by atoms with Crippen molar-refractivity contribution in [3.63, 3.8) is 0 Å². The maximum absolute atomic E-state index is 12.3. The van der Waals surface area contributed by atoms with Crippen LogP contribution in [0.1, 0.15) is 6.92 Å². The lowest BCUT2D eigenvalue weighted by Gasteiger charge is -2.15. The second-order valence-electron chi connectivity index (χ2n) is 4.15. The zero-order valence-corrected chi connectivity index (χ0v) is 13.2. The number of aliphatic hydroxyl groups is 1. The minimum Gasteiger partial charge on any atom is -0.495 e. The highest BCUT2D eigenvalue weighted by Crippen LogP contribution is 2.26. The van der Waals surface area contributed by atoms with Gasteiger partial charge in [-0.3, -0.25) is 4.79 Å². The fourth-order valence-corrected chi connectivity index (χ4v) is 3.18. The summed E-state index contributed by atoms with van der Waals surface area (Å²) in [5, 5.41) is 11.2. The van der Waals surface area contributed by atoms with E-state index in [9.17, 15) is 13.2 Å². The third kappa shape index (κ3) is 4.85. The molecule has 21 heavy (non-hydrogen) atoms. The first-order valence-corrected chi connectivity index (χ1v) is 7.92. The first kappa shape index (κ1) is 17.7. The summed E-state index contributed by atoms with van der Waals surface area (Å²) < 4.78 is 31.8. The molecule has 0 radical (unpaired) electrons. The smallest absolute Gasteiger partial charge is 0.245 e. The molecule has 0 unspecified atom stereocenters. The Hall–Kier alpha value is -1.35. The maximum Gasteiger partial charge on any atom is 0.245 e. The zero-order valence-electron chi connectivity index (χ0n) is 11.6. The molecule has 1 atom stereocenters. The van der Waals surface area contributed by atoms with Crippen molar-refractivity contribution in [1.82, 2.24) is 10.0 Å². The minimum atomic E-state index is -3.98. The van der Waals surface area contributed by atoms with Gasteiger partial charge in [0.15, 0.2) is 0 Å². The molecule has 0 aliphatic carbocycles. The molecule has 1 aromatic carbocycles. The van der Waals surface area contributed by atoms with Gasteiger partial charge in [-0.2, -0.15) is 4.72 Å². The van der Waals surface area contributed by atoms with Crippen molar-refractivity contribution in [1.29, 1.82) is 0 Å². The van der Waals surface area contributed by atoms with Gasteiger partial charge in [0.1, 0.15) is 10.6 Å². The Kier molecular flexibility index (Phi) is 6.41. The van der Waals surface area contributed by atoms with Crippen molar-refractivity contribution < 1.29 is 23.1 Å². The highest BCUT2D eigenvalue weighted by atomic mass is 35.5. The van der Waals surface area contributed by atoms with Gasteiger partial charge >= 0.3 is 0 Å². The molecule has 1 amide bonds. The number of carbonyl (C=O) groups excluding carboxylic acids is 1. The molecule has 9 heteroatoms. The highest BCUT2D eigenvalue weighted by Gasteiger charge is 2.25. The van der Waals surface area contributed by atoms with Crippen LogP contribution in [0.2, 0.25) is 5.02 Å². The van der Waals surface area contributed by atoms with E-state index in [4.69, 9.17) is 21.4 Å². The molecule has 118 valence electrons. The molecule has 0 fully saturated rings. The molecular formula is C12H17ClN2O5S. The van der Waals surface area contributed by atoms with Crippen LogP contribution < -0.4 is 14.8 Å². The highest BCUT2D eigenvalue weighted by molar-refractivity contribution is 7.89. The number of carbonyl (C=O) groups is 1. The molecule has 0 spiro atoms. The van der Waals surface area contributed by atoms with E-state index < -0.39 is 22.0 Å². The maximum atomic E-state index is 12.3. The molecule has 1 aromatic rings. The normalized spacial score (nSPS) is 12.8. The van der Waals surface area contributed by atoms with Gasteiger partial charge in [-0.1, -0.05) is 11.6 Å². The van der Waals surface area contributed by atoms with E-state index in [0.29, 0.717) is 0 Å². The number of aliphatic hydroxyl groups excluding tert-OH is 1. The average molecular weight is 337 g/mol. The predicted molar refractivity (Wildman–Crippen MR) is 77.9 cm³/mol. The number of ether oxygens (including phenoxy) is 1. The van der Waals surface area contributed by atoms with E-state index in [1.54, 1.807) is 0 Å². The Morgan fingerprint density at radius 2 is 2.14 bits per heavy atom. The number of halogens is 1. The minimum absolute atomic E-state index is 0.0470. The molecule has 1 rings (SSSR count). The van der Waals surface area contributed by atoms with Gasteiger partial charge in [0.05, 0.1) is 19.8 Å². The first-order valence-electron chi connectivity index (χ1n) is 6.06. The van der Waals surface area contributed by atoms with Crippen LogP contribution in [0.4, 0.5) is 0 Å². The largest absolute Gasteiger partial charge is 0.495 e. The Bertz CT molecular complexity index is 606. The average Bonchev–Trinajstić information content (AvgIpc) is 2.44. The van der Waals surface area contributed by atoms with E-state index in [-0.39, 0.29) is 28.8 Å². The summed E-state index contributed by atoms with van der Waals surface area (Å²) >= 11 is 5.79. The Morgan fingerprint density at radius 3 is 2.71 bits per heavy atom. The number of amides is 1. The number of benzene rings is 1. The van der Waals surface area contributed by atoms with Gasteiger partial charge in [-0.05, 0) is 25.1 Å². The summed E-state index contributed by atoms with van der Waals surface area (Å²) in [6, 6.07) is 3.15. The van der Waals surface area contributed by atoms with Crippen molar-refractivity contribution in [2.24, 2.45) is 0 Å². The van der Waals surface area contributed by atoms with Crippen molar-refractivity contribution in [3.8, 4) is 5.75 Å². The second kappa shape index (κ2) is 7.60. The molecular weight excluding hydrogens is 320 g/mol. The molecule has 0 bridgehead atoms. The van der Waals surface area contributed by atoms with Gasteiger partial charge < -0.3 is 15.2 Å². The van der Waals surface area contributed by atoms with E-state index in [1.807, 2.05) is 0 Å². The third-order valence-corrected chi connectivity index (χ3v) is 4.35.